The topological polar surface area (TPSA) is 23.5 Å². The molecule has 1 N–H and O–H groups in total. The van der Waals surface area contributed by atoms with Crippen molar-refractivity contribution >= 4 is 0 Å². The lowest BCUT2D eigenvalue weighted by molar-refractivity contribution is 0.140. The van der Waals surface area contributed by atoms with Crippen molar-refractivity contribution in [2.45, 2.75) is 58.0 Å². The monoisotopic (exact) mass is 247 g/mol. The number of para-hydroxylation sites is 1. The van der Waals surface area contributed by atoms with Crippen LogP contribution < -0.4 is 0 Å². The first-order valence-corrected chi connectivity index (χ1v) is 7.27. The quantitative estimate of drug-likeness (QED) is 0.869. The molecule has 100 valence electrons. The second-order valence-corrected chi connectivity index (χ2v) is 5.42. The average molecular weight is 247 g/mol. The van der Waals surface area contributed by atoms with Crippen molar-refractivity contribution in [3.05, 3.63) is 29.8 Å². The Labute approximate surface area is 111 Å². The molecular weight excluding hydrogens is 222 g/mol. The van der Waals surface area contributed by atoms with Gasteiger partial charge < -0.3 is 5.11 Å². The van der Waals surface area contributed by atoms with E-state index >= 15 is 0 Å². The predicted molar refractivity (Wildman–Crippen MR) is 75.8 cm³/mol. The minimum atomic E-state index is 0.360. The summed E-state index contributed by atoms with van der Waals surface area (Å²) in [4.78, 5) is 2.59. The van der Waals surface area contributed by atoms with E-state index in [-0.39, 0.29) is 0 Å². The van der Waals surface area contributed by atoms with Crippen LogP contribution in [0, 0.1) is 0 Å². The van der Waals surface area contributed by atoms with Crippen molar-refractivity contribution in [2.75, 3.05) is 6.54 Å². The van der Waals surface area contributed by atoms with E-state index in [2.05, 4.69) is 24.8 Å². The normalized spacial score (nSPS) is 23.6. The minimum Gasteiger partial charge on any atom is -0.508 e. The molecule has 2 rings (SSSR count). The Hall–Kier alpha value is -1.02. The number of likely N-dealkylation sites (tertiary alicyclic amines) is 1. The summed E-state index contributed by atoms with van der Waals surface area (Å²) in [6.45, 7) is 5.71. The first-order chi connectivity index (χ1) is 8.74. The van der Waals surface area contributed by atoms with Gasteiger partial charge >= 0.3 is 0 Å². The molecule has 1 fully saturated rings. The summed E-state index contributed by atoms with van der Waals surface area (Å²) in [7, 11) is 0. The number of rotatable bonds is 3. The highest BCUT2D eigenvalue weighted by molar-refractivity contribution is 5.34. The third-order valence-corrected chi connectivity index (χ3v) is 4.19. The summed E-state index contributed by atoms with van der Waals surface area (Å²) >= 11 is 0. The summed E-state index contributed by atoms with van der Waals surface area (Å²) < 4.78 is 0. The van der Waals surface area contributed by atoms with Gasteiger partial charge in [-0.1, -0.05) is 38.0 Å². The largest absolute Gasteiger partial charge is 0.508 e. The number of aromatic hydroxyl groups is 1. The van der Waals surface area contributed by atoms with E-state index in [4.69, 9.17) is 0 Å². The van der Waals surface area contributed by atoms with Gasteiger partial charge in [-0.3, -0.25) is 4.90 Å². The third-order valence-electron chi connectivity index (χ3n) is 4.19. The van der Waals surface area contributed by atoms with Crippen molar-refractivity contribution in [1.82, 2.24) is 4.90 Å². The lowest BCUT2D eigenvalue weighted by atomic mass is 9.99. The van der Waals surface area contributed by atoms with Gasteiger partial charge in [0.15, 0.2) is 0 Å². The molecule has 0 aliphatic carbocycles. The molecule has 0 radical (unpaired) electrons. The van der Waals surface area contributed by atoms with Crippen molar-refractivity contribution < 1.29 is 5.11 Å². The van der Waals surface area contributed by atoms with Crippen LogP contribution in [-0.2, 0) is 0 Å². The van der Waals surface area contributed by atoms with Crippen molar-refractivity contribution in [2.24, 2.45) is 0 Å². The molecule has 1 aromatic carbocycles. The molecule has 1 saturated heterocycles. The molecule has 2 atom stereocenters. The van der Waals surface area contributed by atoms with Crippen LogP contribution in [0.2, 0.25) is 0 Å². The molecule has 2 unspecified atom stereocenters. The van der Waals surface area contributed by atoms with E-state index < -0.39 is 0 Å². The highest BCUT2D eigenvalue weighted by atomic mass is 16.3. The third kappa shape index (κ3) is 2.86. The molecule has 2 heteroatoms. The summed E-state index contributed by atoms with van der Waals surface area (Å²) in [6, 6.07) is 8.79. The predicted octanol–water partition coefficient (Wildman–Crippen LogP) is 4.11. The number of nitrogens with zero attached hydrogens (tertiary/aromatic N) is 1. The van der Waals surface area contributed by atoms with Gasteiger partial charge in [0.25, 0.3) is 0 Å². The van der Waals surface area contributed by atoms with E-state index in [0.717, 1.165) is 18.5 Å². The van der Waals surface area contributed by atoms with Crippen LogP contribution in [-0.4, -0.2) is 22.6 Å². The number of hydrogen-bond donors (Lipinski definition) is 1. The molecular formula is C16H25NO. The van der Waals surface area contributed by atoms with Crippen LogP contribution in [0.1, 0.15) is 57.6 Å². The van der Waals surface area contributed by atoms with E-state index in [9.17, 15) is 5.11 Å². The molecule has 0 amide bonds. The van der Waals surface area contributed by atoms with Crippen LogP contribution in [0.3, 0.4) is 0 Å². The Balaban J connectivity index is 2.24. The summed E-state index contributed by atoms with van der Waals surface area (Å²) in [5.41, 5.74) is 1.09. The zero-order valence-corrected chi connectivity index (χ0v) is 11.6. The summed E-state index contributed by atoms with van der Waals surface area (Å²) in [5, 5.41) is 10.1. The maximum Gasteiger partial charge on any atom is 0.120 e. The van der Waals surface area contributed by atoms with Crippen molar-refractivity contribution in [3.8, 4) is 5.75 Å². The molecule has 1 aliphatic rings. The molecule has 0 spiro atoms. The second kappa shape index (κ2) is 6.24. The fourth-order valence-electron chi connectivity index (χ4n) is 3.16. The Morgan fingerprint density at radius 2 is 2.06 bits per heavy atom. The summed E-state index contributed by atoms with van der Waals surface area (Å²) in [5.74, 6) is 0.445. The highest BCUT2D eigenvalue weighted by Gasteiger charge is 2.26. The number of hydrogen-bond acceptors (Lipinski definition) is 2. The molecule has 0 bridgehead atoms. The van der Waals surface area contributed by atoms with Crippen molar-refractivity contribution in [1.29, 1.82) is 0 Å². The van der Waals surface area contributed by atoms with E-state index in [1.165, 1.54) is 25.7 Å². The number of benzene rings is 1. The van der Waals surface area contributed by atoms with Gasteiger partial charge in [0.2, 0.25) is 0 Å². The maximum absolute atomic E-state index is 10.1. The van der Waals surface area contributed by atoms with Crippen molar-refractivity contribution in [3.63, 3.8) is 0 Å². The second-order valence-electron chi connectivity index (χ2n) is 5.42. The zero-order valence-electron chi connectivity index (χ0n) is 11.6. The molecule has 1 heterocycles. The van der Waals surface area contributed by atoms with Gasteiger partial charge in [-0.2, -0.15) is 0 Å². The van der Waals surface area contributed by atoms with Gasteiger partial charge in [-0.15, -0.1) is 0 Å². The molecule has 1 aromatic rings. The summed E-state index contributed by atoms with van der Waals surface area (Å²) in [6.07, 6.45) is 6.31. The fourth-order valence-corrected chi connectivity index (χ4v) is 3.16. The van der Waals surface area contributed by atoms with E-state index in [0.29, 0.717) is 17.8 Å². The van der Waals surface area contributed by atoms with Crippen LogP contribution in [0.4, 0.5) is 0 Å². The van der Waals surface area contributed by atoms with Crippen LogP contribution in [0.15, 0.2) is 24.3 Å². The molecule has 2 nitrogen and oxygen atoms in total. The molecule has 18 heavy (non-hydrogen) atoms. The molecule has 0 saturated carbocycles. The zero-order chi connectivity index (χ0) is 13.0. The molecule has 1 aliphatic heterocycles. The first kappa shape index (κ1) is 13.4. The minimum absolute atomic E-state index is 0.360. The number of phenolic OH excluding ortho intramolecular Hbond substituents is 1. The SMILES string of the molecule is CCC(c1ccccc1O)N1CCCCCC1C. The van der Waals surface area contributed by atoms with Crippen LogP contribution >= 0.6 is 0 Å². The lowest BCUT2D eigenvalue weighted by Gasteiger charge is -2.35. The standard InChI is InChI=1S/C16H25NO/c1-3-15(14-10-6-7-11-16(14)18)17-12-8-4-5-9-13(17)2/h6-7,10-11,13,15,18H,3-5,8-9,12H2,1-2H3. The van der Waals surface area contributed by atoms with Gasteiger partial charge in [0.05, 0.1) is 0 Å². The smallest absolute Gasteiger partial charge is 0.120 e. The van der Waals surface area contributed by atoms with Gasteiger partial charge in [-0.25, -0.2) is 0 Å². The van der Waals surface area contributed by atoms with Crippen LogP contribution in [0.25, 0.3) is 0 Å². The Morgan fingerprint density at radius 3 is 2.78 bits per heavy atom. The van der Waals surface area contributed by atoms with Gasteiger partial charge in [0.1, 0.15) is 5.75 Å². The van der Waals surface area contributed by atoms with E-state index in [1.807, 2.05) is 12.1 Å². The maximum atomic E-state index is 10.1. The fraction of sp³-hybridized carbons (Fsp3) is 0.625. The number of phenols is 1. The van der Waals surface area contributed by atoms with E-state index in [1.54, 1.807) is 6.07 Å². The Bertz CT molecular complexity index is 377. The Morgan fingerprint density at radius 1 is 1.28 bits per heavy atom. The van der Waals surface area contributed by atoms with Crippen LogP contribution in [0.5, 0.6) is 5.75 Å². The Kier molecular flexibility index (Phi) is 4.65. The lowest BCUT2D eigenvalue weighted by Crippen LogP contribution is -2.36. The van der Waals surface area contributed by atoms with Gasteiger partial charge in [-0.05, 0) is 38.8 Å². The first-order valence-electron chi connectivity index (χ1n) is 7.27. The highest BCUT2D eigenvalue weighted by Crippen LogP contribution is 2.34. The van der Waals surface area contributed by atoms with Gasteiger partial charge in [0, 0.05) is 17.6 Å². The molecule has 0 aromatic heterocycles. The average Bonchev–Trinajstić information content (AvgIpc) is 2.58.